The van der Waals surface area contributed by atoms with E-state index in [-0.39, 0.29) is 4.92 Å². The van der Waals surface area contributed by atoms with Crippen molar-refractivity contribution in [2.75, 3.05) is 0 Å². The maximum Gasteiger partial charge on any atom is 0.268 e. The first kappa shape index (κ1) is 9.91. The Labute approximate surface area is 79.7 Å². The van der Waals surface area contributed by atoms with Crippen LogP contribution in [-0.2, 0) is 0 Å². The number of rotatable bonds is 3. The normalized spacial score (nSPS) is 11.2. The van der Waals surface area contributed by atoms with Crippen molar-refractivity contribution in [3.05, 3.63) is 28.6 Å². The summed E-state index contributed by atoms with van der Waals surface area (Å²) in [6.45, 7) is 3.04. The van der Waals surface area contributed by atoms with Gasteiger partial charge in [-0.25, -0.2) is 9.97 Å². The maximum absolute atomic E-state index is 10.6. The van der Waals surface area contributed by atoms with Crippen LogP contribution in [-0.4, -0.2) is 19.8 Å². The van der Waals surface area contributed by atoms with Gasteiger partial charge in [0.05, 0.1) is 0 Å². The van der Waals surface area contributed by atoms with Gasteiger partial charge in [-0.05, 0) is 17.8 Å². The third kappa shape index (κ3) is 2.66. The van der Waals surface area contributed by atoms with Crippen LogP contribution >= 0.6 is 11.8 Å². The molecule has 0 fully saturated rings. The Hall–Kier alpha value is -1.17. The molecule has 6 heteroatoms. The molecule has 0 radical (unpaired) electrons. The molecule has 5 nitrogen and oxygen atoms in total. The quantitative estimate of drug-likeness (QED) is 0.243. The molecule has 1 aromatic rings. The summed E-state index contributed by atoms with van der Waals surface area (Å²) in [5, 5.41) is 11.0. The van der Waals surface area contributed by atoms with Crippen molar-refractivity contribution in [3.8, 4) is 0 Å². The standard InChI is InChI=1S/C7H9N3O2S/c1-7(2,10(11)12)13-6-8-4-3-5-9-6/h3-5H,1-2H3. The van der Waals surface area contributed by atoms with Crippen molar-refractivity contribution >= 4 is 11.8 Å². The molecule has 0 saturated heterocycles. The lowest BCUT2D eigenvalue weighted by molar-refractivity contribution is -0.529. The fraction of sp³-hybridized carbons (Fsp3) is 0.429. The Bertz CT molecular complexity index is 302. The van der Waals surface area contributed by atoms with Crippen LogP contribution in [0.5, 0.6) is 0 Å². The molecule has 0 saturated carbocycles. The van der Waals surface area contributed by atoms with Gasteiger partial charge in [-0.1, -0.05) is 0 Å². The molecule has 1 aromatic heterocycles. The van der Waals surface area contributed by atoms with Gasteiger partial charge >= 0.3 is 0 Å². The van der Waals surface area contributed by atoms with Gasteiger partial charge in [0, 0.05) is 31.2 Å². The first-order chi connectivity index (χ1) is 6.02. The second kappa shape index (κ2) is 3.69. The van der Waals surface area contributed by atoms with Crippen LogP contribution in [0.2, 0.25) is 0 Å². The van der Waals surface area contributed by atoms with E-state index >= 15 is 0 Å². The van der Waals surface area contributed by atoms with E-state index < -0.39 is 4.87 Å². The second-order valence-electron chi connectivity index (χ2n) is 2.84. The summed E-state index contributed by atoms with van der Waals surface area (Å²) in [4.78, 5) is 16.9. The third-order valence-electron chi connectivity index (χ3n) is 1.32. The van der Waals surface area contributed by atoms with Gasteiger partial charge in [0.25, 0.3) is 4.87 Å². The van der Waals surface area contributed by atoms with Crippen molar-refractivity contribution in [3.63, 3.8) is 0 Å². The zero-order valence-electron chi connectivity index (χ0n) is 7.30. The number of hydrogen-bond donors (Lipinski definition) is 0. The molecule has 1 heterocycles. The van der Waals surface area contributed by atoms with Gasteiger partial charge in [0.1, 0.15) is 0 Å². The molecule has 13 heavy (non-hydrogen) atoms. The molecule has 0 N–H and O–H groups in total. The molecule has 70 valence electrons. The lowest BCUT2D eigenvalue weighted by Gasteiger charge is -2.12. The van der Waals surface area contributed by atoms with Crippen LogP contribution in [0.4, 0.5) is 0 Å². The fourth-order valence-electron chi connectivity index (χ4n) is 0.599. The Morgan fingerprint density at radius 3 is 2.46 bits per heavy atom. The molecule has 0 aromatic carbocycles. The predicted molar refractivity (Wildman–Crippen MR) is 49.0 cm³/mol. The molecule has 0 atom stereocenters. The van der Waals surface area contributed by atoms with E-state index in [4.69, 9.17) is 0 Å². The summed E-state index contributed by atoms with van der Waals surface area (Å²) in [6.07, 6.45) is 3.12. The Morgan fingerprint density at radius 2 is 2.00 bits per heavy atom. The van der Waals surface area contributed by atoms with Gasteiger partial charge in [-0.2, -0.15) is 0 Å². The van der Waals surface area contributed by atoms with Crippen LogP contribution in [0.3, 0.4) is 0 Å². The van der Waals surface area contributed by atoms with E-state index in [1.54, 1.807) is 18.5 Å². The van der Waals surface area contributed by atoms with Gasteiger partial charge < -0.3 is 0 Å². The topological polar surface area (TPSA) is 68.9 Å². The van der Waals surface area contributed by atoms with Gasteiger partial charge in [-0.15, -0.1) is 0 Å². The fourth-order valence-corrected chi connectivity index (χ4v) is 1.35. The van der Waals surface area contributed by atoms with E-state index in [1.807, 2.05) is 0 Å². The van der Waals surface area contributed by atoms with E-state index in [2.05, 4.69) is 9.97 Å². The van der Waals surface area contributed by atoms with E-state index in [0.29, 0.717) is 5.16 Å². The van der Waals surface area contributed by atoms with Crippen LogP contribution in [0.25, 0.3) is 0 Å². The van der Waals surface area contributed by atoms with Gasteiger partial charge in [0.15, 0.2) is 5.16 Å². The average Bonchev–Trinajstić information content (AvgIpc) is 2.05. The highest BCUT2D eigenvalue weighted by atomic mass is 32.2. The molecule has 0 bridgehead atoms. The average molecular weight is 199 g/mol. The zero-order chi connectivity index (χ0) is 9.90. The lowest BCUT2D eigenvalue weighted by atomic mass is 10.4. The number of thioether (sulfide) groups is 1. The van der Waals surface area contributed by atoms with Crippen LogP contribution < -0.4 is 0 Å². The maximum atomic E-state index is 10.6. The third-order valence-corrected chi connectivity index (χ3v) is 2.36. The van der Waals surface area contributed by atoms with Gasteiger partial charge in [-0.3, -0.25) is 10.1 Å². The number of aromatic nitrogens is 2. The first-order valence-electron chi connectivity index (χ1n) is 3.63. The molecular weight excluding hydrogens is 190 g/mol. The molecule has 0 amide bonds. The number of nitro groups is 1. The largest absolute Gasteiger partial charge is 0.268 e. The minimum atomic E-state index is -1.08. The molecule has 0 aliphatic heterocycles. The molecule has 1 rings (SSSR count). The van der Waals surface area contributed by atoms with Crippen molar-refractivity contribution in [1.82, 2.24) is 9.97 Å². The van der Waals surface area contributed by atoms with E-state index in [9.17, 15) is 10.1 Å². The Kier molecular flexibility index (Phi) is 2.82. The highest BCUT2D eigenvalue weighted by Gasteiger charge is 2.33. The summed E-state index contributed by atoms with van der Waals surface area (Å²) in [5.41, 5.74) is 0. The summed E-state index contributed by atoms with van der Waals surface area (Å²) in [5.74, 6) is 0. The highest BCUT2D eigenvalue weighted by Crippen LogP contribution is 2.29. The molecule has 0 aliphatic carbocycles. The number of nitrogens with zero attached hydrogens (tertiary/aromatic N) is 3. The summed E-state index contributed by atoms with van der Waals surface area (Å²) < 4.78 is 0. The zero-order valence-corrected chi connectivity index (χ0v) is 8.11. The van der Waals surface area contributed by atoms with Crippen LogP contribution in [0.1, 0.15) is 13.8 Å². The molecular formula is C7H9N3O2S. The van der Waals surface area contributed by atoms with Crippen molar-refractivity contribution in [2.45, 2.75) is 23.9 Å². The summed E-state index contributed by atoms with van der Waals surface area (Å²) >= 11 is 1.03. The van der Waals surface area contributed by atoms with Crippen molar-refractivity contribution in [1.29, 1.82) is 0 Å². The second-order valence-corrected chi connectivity index (χ2v) is 4.41. The van der Waals surface area contributed by atoms with E-state index in [1.165, 1.54) is 13.8 Å². The van der Waals surface area contributed by atoms with E-state index in [0.717, 1.165) is 11.8 Å². The van der Waals surface area contributed by atoms with Gasteiger partial charge in [0.2, 0.25) is 0 Å². The molecule has 0 spiro atoms. The monoisotopic (exact) mass is 199 g/mol. The van der Waals surface area contributed by atoms with Crippen LogP contribution in [0.15, 0.2) is 23.6 Å². The smallest absolute Gasteiger partial charge is 0.263 e. The van der Waals surface area contributed by atoms with Crippen molar-refractivity contribution in [2.24, 2.45) is 0 Å². The SMILES string of the molecule is CC(C)(Sc1ncccn1)[N+](=O)[O-]. The van der Waals surface area contributed by atoms with Crippen LogP contribution in [0, 0.1) is 10.1 Å². The number of hydrogen-bond acceptors (Lipinski definition) is 5. The summed E-state index contributed by atoms with van der Waals surface area (Å²) in [7, 11) is 0. The minimum absolute atomic E-state index is 0.353. The minimum Gasteiger partial charge on any atom is -0.263 e. The first-order valence-corrected chi connectivity index (χ1v) is 4.44. The Balaban J connectivity index is 2.75. The lowest BCUT2D eigenvalue weighted by Crippen LogP contribution is -2.26. The molecule has 0 aliphatic rings. The Morgan fingerprint density at radius 1 is 1.46 bits per heavy atom. The predicted octanol–water partition coefficient (Wildman–Crippen LogP) is 1.58. The van der Waals surface area contributed by atoms with Crippen molar-refractivity contribution < 1.29 is 4.92 Å². The molecule has 0 unspecified atom stereocenters. The highest BCUT2D eigenvalue weighted by molar-refractivity contribution is 8.00. The summed E-state index contributed by atoms with van der Waals surface area (Å²) in [6, 6.07) is 1.67.